The van der Waals surface area contributed by atoms with Crippen molar-refractivity contribution < 1.29 is 9.90 Å². The molecule has 0 amide bonds. The van der Waals surface area contributed by atoms with Gasteiger partial charge in [0.15, 0.2) is 0 Å². The molecule has 5 nitrogen and oxygen atoms in total. The van der Waals surface area contributed by atoms with Crippen LogP contribution in [0.3, 0.4) is 0 Å². The fourth-order valence-corrected chi connectivity index (χ4v) is 1.28. The van der Waals surface area contributed by atoms with Gasteiger partial charge in [-0.25, -0.2) is 9.78 Å². The zero-order valence-electron chi connectivity index (χ0n) is 9.21. The summed E-state index contributed by atoms with van der Waals surface area (Å²) in [7, 11) is 1.82. The Bertz CT molecular complexity index is 425. The van der Waals surface area contributed by atoms with Gasteiger partial charge in [-0.15, -0.1) is 0 Å². The summed E-state index contributed by atoms with van der Waals surface area (Å²) in [6.45, 7) is 1.91. The predicted molar refractivity (Wildman–Crippen MR) is 59.3 cm³/mol. The van der Waals surface area contributed by atoms with Crippen LogP contribution in [0.15, 0.2) is 18.3 Å². The lowest BCUT2D eigenvalue weighted by Gasteiger charge is -2.25. The molecule has 0 spiro atoms. The number of nitrogens with zero attached hydrogens (tertiary/aromatic N) is 3. The van der Waals surface area contributed by atoms with Crippen molar-refractivity contribution in [1.82, 2.24) is 4.98 Å². The van der Waals surface area contributed by atoms with Crippen molar-refractivity contribution in [3.63, 3.8) is 0 Å². The Morgan fingerprint density at radius 2 is 2.44 bits per heavy atom. The van der Waals surface area contributed by atoms with Crippen LogP contribution in [0.5, 0.6) is 0 Å². The minimum Gasteiger partial charge on any atom is -0.477 e. The zero-order valence-corrected chi connectivity index (χ0v) is 9.21. The zero-order chi connectivity index (χ0) is 12.1. The number of nitriles is 1. The number of carboxylic acid groups (broad SMARTS) is 1. The lowest BCUT2D eigenvalue weighted by molar-refractivity contribution is 0.0690. The van der Waals surface area contributed by atoms with Gasteiger partial charge >= 0.3 is 5.97 Å². The van der Waals surface area contributed by atoms with E-state index in [1.165, 1.54) is 12.3 Å². The van der Waals surface area contributed by atoms with E-state index < -0.39 is 5.97 Å². The predicted octanol–water partition coefficient (Wildman–Crippen LogP) is 1.52. The molecule has 1 atom stereocenters. The van der Waals surface area contributed by atoms with Gasteiger partial charge in [0.1, 0.15) is 5.69 Å². The highest BCUT2D eigenvalue weighted by atomic mass is 16.4. The van der Waals surface area contributed by atoms with Crippen LogP contribution in [0.1, 0.15) is 23.8 Å². The van der Waals surface area contributed by atoms with Gasteiger partial charge in [0.25, 0.3) is 0 Å². The molecule has 1 unspecified atom stereocenters. The second-order valence-corrected chi connectivity index (χ2v) is 3.53. The van der Waals surface area contributed by atoms with Crippen molar-refractivity contribution in [2.45, 2.75) is 19.4 Å². The van der Waals surface area contributed by atoms with Crippen LogP contribution in [-0.2, 0) is 0 Å². The minimum absolute atomic E-state index is 0.00788. The average molecular weight is 219 g/mol. The monoisotopic (exact) mass is 219 g/mol. The van der Waals surface area contributed by atoms with E-state index in [4.69, 9.17) is 10.4 Å². The second-order valence-electron chi connectivity index (χ2n) is 3.53. The highest BCUT2D eigenvalue weighted by molar-refractivity contribution is 5.86. The number of rotatable bonds is 4. The molecule has 1 heterocycles. The fourth-order valence-electron chi connectivity index (χ4n) is 1.28. The lowest BCUT2D eigenvalue weighted by atomic mass is 10.2. The molecule has 0 aliphatic carbocycles. The average Bonchev–Trinajstić information content (AvgIpc) is 2.28. The van der Waals surface area contributed by atoms with E-state index in [9.17, 15) is 4.79 Å². The van der Waals surface area contributed by atoms with Crippen molar-refractivity contribution in [3.05, 3.63) is 24.0 Å². The van der Waals surface area contributed by atoms with Crippen LogP contribution in [0, 0.1) is 11.3 Å². The third-order valence-electron chi connectivity index (χ3n) is 2.42. The molecule has 1 aromatic heterocycles. The van der Waals surface area contributed by atoms with Crippen LogP contribution < -0.4 is 4.90 Å². The molecule has 0 radical (unpaired) electrons. The largest absolute Gasteiger partial charge is 0.477 e. The third kappa shape index (κ3) is 2.70. The minimum atomic E-state index is -1.05. The van der Waals surface area contributed by atoms with Gasteiger partial charge in [-0.3, -0.25) is 0 Å². The standard InChI is InChI=1S/C11H13N3O2/c1-8(3-5-12)14(2)9-4-6-13-10(7-9)11(15)16/h4,6-8H,3H2,1-2H3,(H,15,16). The molecule has 0 saturated heterocycles. The van der Waals surface area contributed by atoms with Crippen LogP contribution in [0.25, 0.3) is 0 Å². The van der Waals surface area contributed by atoms with Gasteiger partial charge in [-0.2, -0.15) is 5.26 Å². The van der Waals surface area contributed by atoms with Crippen LogP contribution in [0.2, 0.25) is 0 Å². The molecule has 0 aliphatic rings. The first-order valence-electron chi connectivity index (χ1n) is 4.85. The Morgan fingerprint density at radius 3 is 3.00 bits per heavy atom. The normalized spacial score (nSPS) is 11.6. The van der Waals surface area contributed by atoms with E-state index in [2.05, 4.69) is 11.1 Å². The molecule has 1 aromatic rings. The maximum absolute atomic E-state index is 10.7. The molecular formula is C11H13N3O2. The quantitative estimate of drug-likeness (QED) is 0.830. The third-order valence-corrected chi connectivity index (χ3v) is 2.42. The summed E-state index contributed by atoms with van der Waals surface area (Å²) in [5.41, 5.74) is 0.753. The molecular weight excluding hydrogens is 206 g/mol. The van der Waals surface area contributed by atoms with E-state index in [-0.39, 0.29) is 11.7 Å². The van der Waals surface area contributed by atoms with Crippen molar-refractivity contribution in [2.75, 3.05) is 11.9 Å². The molecule has 84 valence electrons. The summed E-state index contributed by atoms with van der Waals surface area (Å²) >= 11 is 0. The highest BCUT2D eigenvalue weighted by Gasteiger charge is 2.12. The molecule has 0 fully saturated rings. The molecule has 5 heteroatoms. The second kappa shape index (κ2) is 5.12. The lowest BCUT2D eigenvalue weighted by Crippen LogP contribution is -2.28. The Kier molecular flexibility index (Phi) is 3.84. The molecule has 0 saturated carbocycles. The van der Waals surface area contributed by atoms with Gasteiger partial charge in [-0.05, 0) is 19.1 Å². The number of pyridine rings is 1. The Hall–Kier alpha value is -2.09. The van der Waals surface area contributed by atoms with E-state index in [0.29, 0.717) is 6.42 Å². The number of aromatic carboxylic acids is 1. The van der Waals surface area contributed by atoms with Gasteiger partial charge in [-0.1, -0.05) is 0 Å². The Labute approximate surface area is 93.9 Å². The van der Waals surface area contributed by atoms with Crippen LogP contribution in [0.4, 0.5) is 5.69 Å². The number of carbonyl (C=O) groups is 1. The summed E-state index contributed by atoms with van der Waals surface area (Å²) in [6.07, 6.45) is 1.84. The van der Waals surface area contributed by atoms with E-state index in [0.717, 1.165) is 5.69 Å². The molecule has 0 aromatic carbocycles. The number of anilines is 1. The van der Waals surface area contributed by atoms with Crippen molar-refractivity contribution >= 4 is 11.7 Å². The Morgan fingerprint density at radius 1 is 1.75 bits per heavy atom. The van der Waals surface area contributed by atoms with Gasteiger partial charge < -0.3 is 10.0 Å². The number of hydrogen-bond donors (Lipinski definition) is 1. The van der Waals surface area contributed by atoms with E-state index >= 15 is 0 Å². The van der Waals surface area contributed by atoms with Gasteiger partial charge in [0.2, 0.25) is 0 Å². The molecule has 1 N–H and O–H groups in total. The summed E-state index contributed by atoms with van der Waals surface area (Å²) < 4.78 is 0. The number of carboxylic acids is 1. The maximum Gasteiger partial charge on any atom is 0.354 e. The molecule has 16 heavy (non-hydrogen) atoms. The van der Waals surface area contributed by atoms with Crippen molar-refractivity contribution in [2.24, 2.45) is 0 Å². The maximum atomic E-state index is 10.7. The van der Waals surface area contributed by atoms with E-state index in [1.807, 2.05) is 18.9 Å². The number of hydrogen-bond acceptors (Lipinski definition) is 4. The first-order chi connectivity index (χ1) is 7.56. The fraction of sp³-hybridized carbons (Fsp3) is 0.364. The van der Waals surface area contributed by atoms with E-state index in [1.54, 1.807) is 6.07 Å². The Balaban J connectivity index is 2.92. The number of aromatic nitrogens is 1. The molecule has 0 bridgehead atoms. The van der Waals surface area contributed by atoms with Crippen molar-refractivity contribution in [3.8, 4) is 6.07 Å². The topological polar surface area (TPSA) is 77.2 Å². The van der Waals surface area contributed by atoms with Crippen molar-refractivity contribution in [1.29, 1.82) is 5.26 Å². The molecule has 0 aliphatic heterocycles. The first-order valence-corrected chi connectivity index (χ1v) is 4.85. The van der Waals surface area contributed by atoms with Crippen LogP contribution in [-0.4, -0.2) is 29.1 Å². The van der Waals surface area contributed by atoms with Gasteiger partial charge in [0, 0.05) is 25.0 Å². The smallest absolute Gasteiger partial charge is 0.354 e. The first kappa shape index (κ1) is 12.0. The summed E-state index contributed by atoms with van der Waals surface area (Å²) in [4.78, 5) is 16.3. The summed E-state index contributed by atoms with van der Waals surface area (Å²) in [6, 6.07) is 5.34. The SMILES string of the molecule is CC(CC#N)N(C)c1ccnc(C(=O)O)c1. The molecule has 1 rings (SSSR count). The van der Waals surface area contributed by atoms with Gasteiger partial charge in [0.05, 0.1) is 12.5 Å². The van der Waals surface area contributed by atoms with Crippen LogP contribution >= 0.6 is 0 Å². The summed E-state index contributed by atoms with van der Waals surface area (Å²) in [5.74, 6) is -1.05. The highest BCUT2D eigenvalue weighted by Crippen LogP contribution is 2.16. The summed E-state index contributed by atoms with van der Waals surface area (Å²) in [5, 5.41) is 17.4.